The third-order valence-corrected chi connectivity index (χ3v) is 2.95. The SMILES string of the molecule is Cc1cc(C)cc(C(=O)CC2(N)CC2)c1. The minimum absolute atomic E-state index is 0.182. The second kappa shape index (κ2) is 3.46. The van der Waals surface area contributed by atoms with Crippen LogP contribution in [0.25, 0.3) is 0 Å². The standard InChI is InChI=1S/C13H17NO/c1-9-5-10(2)7-11(6-9)12(15)8-13(14)3-4-13/h5-7H,3-4,8,14H2,1-2H3. The first-order valence-electron chi connectivity index (χ1n) is 5.39. The number of ketones is 1. The van der Waals surface area contributed by atoms with Crippen LogP contribution in [0.15, 0.2) is 18.2 Å². The van der Waals surface area contributed by atoms with Gasteiger partial charge in [-0.2, -0.15) is 0 Å². The number of carbonyl (C=O) groups is 1. The Kier molecular flexibility index (Phi) is 2.39. The lowest BCUT2D eigenvalue weighted by molar-refractivity contribution is 0.0971. The molecule has 1 aliphatic rings. The summed E-state index contributed by atoms with van der Waals surface area (Å²) in [6, 6.07) is 5.97. The van der Waals surface area contributed by atoms with Gasteiger partial charge in [0.25, 0.3) is 0 Å². The van der Waals surface area contributed by atoms with Crippen molar-refractivity contribution in [2.75, 3.05) is 0 Å². The van der Waals surface area contributed by atoms with Gasteiger partial charge in [-0.15, -0.1) is 0 Å². The van der Waals surface area contributed by atoms with Crippen molar-refractivity contribution in [3.63, 3.8) is 0 Å². The van der Waals surface area contributed by atoms with E-state index in [9.17, 15) is 4.79 Å². The van der Waals surface area contributed by atoms with Crippen LogP contribution < -0.4 is 5.73 Å². The lowest BCUT2D eigenvalue weighted by atomic mass is 9.99. The Bertz CT molecular complexity index is 385. The Morgan fingerprint density at radius 3 is 2.27 bits per heavy atom. The zero-order valence-electron chi connectivity index (χ0n) is 9.34. The summed E-state index contributed by atoms with van der Waals surface area (Å²) in [7, 11) is 0. The minimum Gasteiger partial charge on any atom is -0.325 e. The van der Waals surface area contributed by atoms with E-state index in [0.29, 0.717) is 6.42 Å². The molecule has 2 rings (SSSR count). The van der Waals surface area contributed by atoms with Crippen molar-refractivity contribution in [3.8, 4) is 0 Å². The molecule has 1 saturated carbocycles. The largest absolute Gasteiger partial charge is 0.325 e. The van der Waals surface area contributed by atoms with Gasteiger partial charge in [-0.3, -0.25) is 4.79 Å². The fraction of sp³-hybridized carbons (Fsp3) is 0.462. The van der Waals surface area contributed by atoms with Crippen LogP contribution in [0.3, 0.4) is 0 Å². The maximum absolute atomic E-state index is 11.9. The zero-order chi connectivity index (χ0) is 11.1. The fourth-order valence-corrected chi connectivity index (χ4v) is 1.89. The van der Waals surface area contributed by atoms with Crippen molar-refractivity contribution in [2.24, 2.45) is 5.73 Å². The highest BCUT2D eigenvalue weighted by molar-refractivity contribution is 5.97. The van der Waals surface area contributed by atoms with E-state index in [-0.39, 0.29) is 11.3 Å². The number of hydrogen-bond donors (Lipinski definition) is 1. The molecular formula is C13H17NO. The van der Waals surface area contributed by atoms with Crippen LogP contribution in [0.2, 0.25) is 0 Å². The molecule has 0 radical (unpaired) electrons. The predicted octanol–water partition coefficient (Wildman–Crippen LogP) is 2.37. The lowest BCUT2D eigenvalue weighted by Gasteiger charge is -2.08. The molecule has 1 aromatic rings. The summed E-state index contributed by atoms with van der Waals surface area (Å²) in [5, 5.41) is 0. The van der Waals surface area contributed by atoms with Gasteiger partial charge in [0.15, 0.2) is 5.78 Å². The van der Waals surface area contributed by atoms with Gasteiger partial charge in [0, 0.05) is 17.5 Å². The maximum atomic E-state index is 11.9. The second-order valence-electron chi connectivity index (χ2n) is 4.84. The lowest BCUT2D eigenvalue weighted by Crippen LogP contribution is -2.25. The van der Waals surface area contributed by atoms with Gasteiger partial charge >= 0.3 is 0 Å². The van der Waals surface area contributed by atoms with Crippen molar-refractivity contribution >= 4 is 5.78 Å². The molecule has 0 aliphatic heterocycles. The molecule has 1 aliphatic carbocycles. The first-order valence-corrected chi connectivity index (χ1v) is 5.39. The summed E-state index contributed by atoms with van der Waals surface area (Å²) >= 11 is 0. The third kappa shape index (κ3) is 2.45. The Hall–Kier alpha value is -1.15. The Morgan fingerprint density at radius 2 is 1.80 bits per heavy atom. The molecule has 15 heavy (non-hydrogen) atoms. The van der Waals surface area contributed by atoms with Crippen molar-refractivity contribution < 1.29 is 4.79 Å². The van der Waals surface area contributed by atoms with Crippen molar-refractivity contribution in [3.05, 3.63) is 34.9 Å². The van der Waals surface area contributed by atoms with E-state index < -0.39 is 0 Å². The highest BCUT2D eigenvalue weighted by Gasteiger charge is 2.40. The number of carbonyl (C=O) groups excluding carboxylic acids is 1. The molecule has 2 heteroatoms. The summed E-state index contributed by atoms with van der Waals surface area (Å²) in [6.07, 6.45) is 2.48. The van der Waals surface area contributed by atoms with Crippen LogP contribution in [0.5, 0.6) is 0 Å². The van der Waals surface area contributed by atoms with Gasteiger partial charge in [0.05, 0.1) is 0 Å². The van der Waals surface area contributed by atoms with Crippen LogP contribution in [-0.4, -0.2) is 11.3 Å². The molecule has 0 atom stereocenters. The smallest absolute Gasteiger partial charge is 0.164 e. The first-order chi connectivity index (χ1) is 6.98. The van der Waals surface area contributed by atoms with Crippen molar-refractivity contribution in [1.82, 2.24) is 0 Å². The molecule has 0 spiro atoms. The Balaban J connectivity index is 2.17. The van der Waals surface area contributed by atoms with Crippen molar-refractivity contribution in [2.45, 2.75) is 38.6 Å². The average molecular weight is 203 g/mol. The molecule has 0 bridgehead atoms. The molecule has 0 saturated heterocycles. The van der Waals surface area contributed by atoms with Gasteiger partial charge < -0.3 is 5.73 Å². The maximum Gasteiger partial charge on any atom is 0.164 e. The van der Waals surface area contributed by atoms with Gasteiger partial charge in [-0.25, -0.2) is 0 Å². The molecule has 1 fully saturated rings. The van der Waals surface area contributed by atoms with E-state index in [0.717, 1.165) is 29.5 Å². The Labute approximate surface area is 90.5 Å². The number of aryl methyl sites for hydroxylation is 2. The predicted molar refractivity (Wildman–Crippen MR) is 61.0 cm³/mol. The number of hydrogen-bond acceptors (Lipinski definition) is 2. The van der Waals surface area contributed by atoms with Gasteiger partial charge in [0.2, 0.25) is 0 Å². The van der Waals surface area contributed by atoms with Crippen molar-refractivity contribution in [1.29, 1.82) is 0 Å². The van der Waals surface area contributed by atoms with E-state index in [1.807, 2.05) is 26.0 Å². The average Bonchev–Trinajstić information content (AvgIpc) is 2.81. The number of rotatable bonds is 3. The van der Waals surface area contributed by atoms with Gasteiger partial charge in [-0.05, 0) is 38.8 Å². The third-order valence-electron chi connectivity index (χ3n) is 2.95. The summed E-state index contributed by atoms with van der Waals surface area (Å²) in [6.45, 7) is 4.03. The normalized spacial score (nSPS) is 17.5. The quantitative estimate of drug-likeness (QED) is 0.766. The number of Topliss-reactive ketones (excluding diaryl/α,β-unsaturated/α-hetero) is 1. The molecule has 0 amide bonds. The van der Waals surface area contributed by atoms with Gasteiger partial charge in [-0.1, -0.05) is 17.2 Å². The highest BCUT2D eigenvalue weighted by atomic mass is 16.1. The fourth-order valence-electron chi connectivity index (χ4n) is 1.89. The van der Waals surface area contributed by atoms with E-state index in [2.05, 4.69) is 6.07 Å². The Morgan fingerprint density at radius 1 is 1.27 bits per heavy atom. The van der Waals surface area contributed by atoms with E-state index in [4.69, 9.17) is 5.73 Å². The summed E-state index contributed by atoms with van der Waals surface area (Å²) in [5.41, 5.74) is 8.84. The molecule has 2 N–H and O–H groups in total. The van der Waals surface area contributed by atoms with Crippen LogP contribution in [-0.2, 0) is 0 Å². The summed E-state index contributed by atoms with van der Waals surface area (Å²) in [5.74, 6) is 0.182. The number of nitrogens with two attached hydrogens (primary N) is 1. The molecule has 2 nitrogen and oxygen atoms in total. The molecule has 0 unspecified atom stereocenters. The molecule has 0 aromatic heterocycles. The van der Waals surface area contributed by atoms with E-state index in [1.54, 1.807) is 0 Å². The van der Waals surface area contributed by atoms with Crippen LogP contribution in [0.4, 0.5) is 0 Å². The monoisotopic (exact) mass is 203 g/mol. The molecule has 80 valence electrons. The van der Waals surface area contributed by atoms with Crippen LogP contribution in [0.1, 0.15) is 40.7 Å². The van der Waals surface area contributed by atoms with Crippen LogP contribution >= 0.6 is 0 Å². The van der Waals surface area contributed by atoms with E-state index in [1.165, 1.54) is 0 Å². The molecule has 1 aromatic carbocycles. The number of benzene rings is 1. The summed E-state index contributed by atoms with van der Waals surface area (Å²) < 4.78 is 0. The first kappa shape index (κ1) is 10.4. The highest BCUT2D eigenvalue weighted by Crippen LogP contribution is 2.36. The molecular weight excluding hydrogens is 186 g/mol. The van der Waals surface area contributed by atoms with E-state index >= 15 is 0 Å². The second-order valence-corrected chi connectivity index (χ2v) is 4.84. The van der Waals surface area contributed by atoms with Gasteiger partial charge in [0.1, 0.15) is 0 Å². The topological polar surface area (TPSA) is 43.1 Å². The summed E-state index contributed by atoms with van der Waals surface area (Å²) in [4.78, 5) is 11.9. The van der Waals surface area contributed by atoms with Crippen LogP contribution in [0, 0.1) is 13.8 Å². The molecule has 0 heterocycles. The minimum atomic E-state index is -0.186. The zero-order valence-corrected chi connectivity index (χ0v) is 9.34.